The molecule has 3 aromatic carbocycles. The molecule has 166 valence electrons. The van der Waals surface area contributed by atoms with Crippen LogP contribution in [0, 0.1) is 6.92 Å². The summed E-state index contributed by atoms with van der Waals surface area (Å²) in [6.45, 7) is 4.65. The predicted octanol–water partition coefficient (Wildman–Crippen LogP) is 5.97. The third-order valence-corrected chi connectivity index (χ3v) is 5.05. The minimum atomic E-state index is -0.204. The second-order valence-corrected chi connectivity index (χ2v) is 7.98. The Hall–Kier alpha value is -3.02. The van der Waals surface area contributed by atoms with Crippen molar-refractivity contribution in [3.63, 3.8) is 0 Å². The molecule has 3 aromatic rings. The SMILES string of the molecule is CCOc1cc(/C=N/NC(=O)Cc2ccc(C)cc2)cc(Cl)c1OCc1ccc(Cl)cc1. The van der Waals surface area contributed by atoms with E-state index in [1.165, 1.54) is 6.21 Å². The summed E-state index contributed by atoms with van der Waals surface area (Å²) in [5, 5.41) is 5.09. The van der Waals surface area contributed by atoms with Gasteiger partial charge in [0.25, 0.3) is 0 Å². The summed E-state index contributed by atoms with van der Waals surface area (Å²) in [6, 6.07) is 18.6. The van der Waals surface area contributed by atoms with Crippen LogP contribution in [0.2, 0.25) is 10.0 Å². The Balaban J connectivity index is 1.65. The number of nitrogens with one attached hydrogen (secondary N) is 1. The molecule has 0 spiro atoms. The zero-order chi connectivity index (χ0) is 22.9. The van der Waals surface area contributed by atoms with E-state index in [9.17, 15) is 4.79 Å². The monoisotopic (exact) mass is 470 g/mol. The van der Waals surface area contributed by atoms with Gasteiger partial charge in [-0.1, -0.05) is 65.2 Å². The first-order valence-electron chi connectivity index (χ1n) is 10.2. The number of hydrogen-bond acceptors (Lipinski definition) is 4. The van der Waals surface area contributed by atoms with Crippen LogP contribution >= 0.6 is 23.2 Å². The molecule has 7 heteroatoms. The van der Waals surface area contributed by atoms with E-state index in [1.807, 2.05) is 50.2 Å². The first kappa shape index (κ1) is 23.6. The highest BCUT2D eigenvalue weighted by Gasteiger charge is 2.13. The topological polar surface area (TPSA) is 59.9 Å². The fourth-order valence-electron chi connectivity index (χ4n) is 2.91. The third-order valence-electron chi connectivity index (χ3n) is 4.52. The fraction of sp³-hybridized carbons (Fsp3) is 0.200. The lowest BCUT2D eigenvalue weighted by Crippen LogP contribution is -2.19. The molecular weight excluding hydrogens is 447 g/mol. The van der Waals surface area contributed by atoms with Gasteiger partial charge in [-0.05, 0) is 54.8 Å². The molecule has 32 heavy (non-hydrogen) atoms. The molecule has 0 aliphatic rings. The number of hydrogen-bond donors (Lipinski definition) is 1. The molecule has 0 fully saturated rings. The van der Waals surface area contributed by atoms with Crippen LogP contribution in [0.25, 0.3) is 0 Å². The Kier molecular flexibility index (Phi) is 8.54. The largest absolute Gasteiger partial charge is 0.490 e. The number of carbonyl (C=O) groups excluding carboxylic acids is 1. The van der Waals surface area contributed by atoms with Gasteiger partial charge in [-0.25, -0.2) is 5.43 Å². The Bertz CT molecular complexity index is 1080. The minimum absolute atomic E-state index is 0.204. The van der Waals surface area contributed by atoms with Gasteiger partial charge in [0, 0.05) is 5.02 Å². The van der Waals surface area contributed by atoms with Crippen molar-refractivity contribution in [1.29, 1.82) is 0 Å². The number of aryl methyl sites for hydroxylation is 1. The van der Waals surface area contributed by atoms with Gasteiger partial charge in [-0.15, -0.1) is 0 Å². The summed E-state index contributed by atoms with van der Waals surface area (Å²) in [5.41, 5.74) is 6.23. The number of benzene rings is 3. The summed E-state index contributed by atoms with van der Waals surface area (Å²) >= 11 is 12.4. The second-order valence-electron chi connectivity index (χ2n) is 7.13. The zero-order valence-corrected chi connectivity index (χ0v) is 19.4. The zero-order valence-electron chi connectivity index (χ0n) is 17.9. The number of ether oxygens (including phenoxy) is 2. The molecule has 0 aromatic heterocycles. The molecule has 0 radical (unpaired) electrons. The fourth-order valence-corrected chi connectivity index (χ4v) is 3.31. The number of nitrogens with zero attached hydrogens (tertiary/aromatic N) is 1. The maximum Gasteiger partial charge on any atom is 0.244 e. The van der Waals surface area contributed by atoms with Gasteiger partial charge in [0.1, 0.15) is 6.61 Å². The highest BCUT2D eigenvalue weighted by molar-refractivity contribution is 6.32. The molecule has 0 aliphatic carbocycles. The third kappa shape index (κ3) is 7.01. The Labute approximate surface area is 198 Å². The first-order chi connectivity index (χ1) is 15.4. The highest BCUT2D eigenvalue weighted by atomic mass is 35.5. The van der Waals surface area contributed by atoms with E-state index < -0.39 is 0 Å². The van der Waals surface area contributed by atoms with Crippen LogP contribution in [0.15, 0.2) is 65.8 Å². The summed E-state index contributed by atoms with van der Waals surface area (Å²) in [7, 11) is 0. The van der Waals surface area contributed by atoms with Crippen LogP contribution in [-0.4, -0.2) is 18.7 Å². The van der Waals surface area contributed by atoms with Crippen molar-refractivity contribution in [1.82, 2.24) is 5.43 Å². The van der Waals surface area contributed by atoms with E-state index in [0.717, 1.165) is 16.7 Å². The van der Waals surface area contributed by atoms with E-state index in [4.69, 9.17) is 32.7 Å². The normalized spacial score (nSPS) is 10.9. The minimum Gasteiger partial charge on any atom is -0.490 e. The van der Waals surface area contributed by atoms with Gasteiger partial charge < -0.3 is 9.47 Å². The molecule has 0 heterocycles. The lowest BCUT2D eigenvalue weighted by molar-refractivity contribution is -0.120. The molecule has 3 rings (SSSR count). The molecule has 1 N–H and O–H groups in total. The summed E-state index contributed by atoms with van der Waals surface area (Å²) in [4.78, 5) is 12.1. The Morgan fingerprint density at radius 2 is 1.69 bits per heavy atom. The lowest BCUT2D eigenvalue weighted by Gasteiger charge is -2.14. The molecule has 0 aliphatic heterocycles. The standard InChI is InChI=1S/C25H24Cl2N2O3/c1-3-31-23-13-20(15-28-29-24(30)14-18-6-4-17(2)5-7-18)12-22(27)25(23)32-16-19-8-10-21(26)11-9-19/h4-13,15H,3,14,16H2,1-2H3,(H,29,30)/b28-15+. The van der Waals surface area contributed by atoms with E-state index in [2.05, 4.69) is 10.5 Å². The maximum absolute atomic E-state index is 12.1. The van der Waals surface area contributed by atoms with Crippen LogP contribution in [0.3, 0.4) is 0 Å². The van der Waals surface area contributed by atoms with Crippen LogP contribution in [0.1, 0.15) is 29.2 Å². The van der Waals surface area contributed by atoms with Crippen molar-refractivity contribution in [3.8, 4) is 11.5 Å². The van der Waals surface area contributed by atoms with E-state index in [1.54, 1.807) is 24.3 Å². The van der Waals surface area contributed by atoms with Crippen molar-refractivity contribution in [2.24, 2.45) is 5.10 Å². The van der Waals surface area contributed by atoms with Gasteiger partial charge in [-0.2, -0.15) is 5.10 Å². The van der Waals surface area contributed by atoms with Crippen LogP contribution < -0.4 is 14.9 Å². The van der Waals surface area contributed by atoms with Crippen molar-refractivity contribution in [2.75, 3.05) is 6.61 Å². The molecule has 5 nitrogen and oxygen atoms in total. The summed E-state index contributed by atoms with van der Waals surface area (Å²) in [5.74, 6) is 0.745. The number of carbonyl (C=O) groups is 1. The molecule has 0 atom stereocenters. The van der Waals surface area contributed by atoms with Gasteiger partial charge in [0.2, 0.25) is 5.91 Å². The van der Waals surface area contributed by atoms with Gasteiger partial charge in [-0.3, -0.25) is 4.79 Å². The van der Waals surface area contributed by atoms with Crippen molar-refractivity contribution >= 4 is 35.3 Å². The Morgan fingerprint density at radius 1 is 1.00 bits per heavy atom. The molecule has 0 saturated heterocycles. The Morgan fingerprint density at radius 3 is 2.38 bits per heavy atom. The van der Waals surface area contributed by atoms with Gasteiger partial charge >= 0.3 is 0 Å². The second kappa shape index (κ2) is 11.6. The van der Waals surface area contributed by atoms with Gasteiger partial charge in [0.05, 0.1) is 24.3 Å². The molecule has 0 bridgehead atoms. The number of rotatable bonds is 9. The maximum atomic E-state index is 12.1. The highest BCUT2D eigenvalue weighted by Crippen LogP contribution is 2.37. The average Bonchev–Trinajstić information content (AvgIpc) is 2.76. The molecule has 0 saturated carbocycles. The quantitative estimate of drug-likeness (QED) is 0.309. The predicted molar refractivity (Wildman–Crippen MR) is 129 cm³/mol. The first-order valence-corrected chi connectivity index (χ1v) is 10.9. The summed E-state index contributed by atoms with van der Waals surface area (Å²) in [6.07, 6.45) is 1.77. The number of hydrazone groups is 1. The van der Waals surface area contributed by atoms with E-state index >= 15 is 0 Å². The molecule has 0 unspecified atom stereocenters. The number of halogens is 2. The van der Waals surface area contributed by atoms with Crippen LogP contribution in [0.5, 0.6) is 11.5 Å². The van der Waals surface area contributed by atoms with Gasteiger partial charge in [0.15, 0.2) is 11.5 Å². The summed E-state index contributed by atoms with van der Waals surface area (Å²) < 4.78 is 11.6. The van der Waals surface area contributed by atoms with Crippen molar-refractivity contribution in [3.05, 3.63) is 93.0 Å². The van der Waals surface area contributed by atoms with Crippen molar-refractivity contribution < 1.29 is 14.3 Å². The average molecular weight is 471 g/mol. The van der Waals surface area contributed by atoms with Crippen LogP contribution in [0.4, 0.5) is 0 Å². The van der Waals surface area contributed by atoms with E-state index in [0.29, 0.717) is 40.3 Å². The lowest BCUT2D eigenvalue weighted by atomic mass is 10.1. The molecular formula is C25H24Cl2N2O3. The van der Waals surface area contributed by atoms with E-state index in [-0.39, 0.29) is 12.3 Å². The smallest absolute Gasteiger partial charge is 0.244 e. The van der Waals surface area contributed by atoms with Crippen LogP contribution in [-0.2, 0) is 17.8 Å². The number of amides is 1. The van der Waals surface area contributed by atoms with Crippen molar-refractivity contribution in [2.45, 2.75) is 26.9 Å². The molecule has 1 amide bonds.